The SMILES string of the molecule is CC(=O)C=CCBr. The Morgan fingerprint density at radius 1 is 1.86 bits per heavy atom. The molecule has 0 aliphatic carbocycles. The molecule has 0 aromatic carbocycles. The molecular formula is C5H7BrO. The normalized spacial score (nSPS) is 10.0. The van der Waals surface area contributed by atoms with Crippen molar-refractivity contribution in [1.82, 2.24) is 0 Å². The Balaban J connectivity index is 3.26. The second-order valence-corrected chi connectivity index (χ2v) is 1.81. The Morgan fingerprint density at radius 3 is 2.57 bits per heavy atom. The van der Waals surface area contributed by atoms with Gasteiger partial charge >= 0.3 is 0 Å². The third-order valence-corrected chi connectivity index (χ3v) is 0.815. The minimum Gasteiger partial charge on any atom is -0.295 e. The fraction of sp³-hybridized carbons (Fsp3) is 0.400. The predicted molar refractivity (Wildman–Crippen MR) is 33.6 cm³/mol. The van der Waals surface area contributed by atoms with Gasteiger partial charge in [0.05, 0.1) is 0 Å². The average molecular weight is 163 g/mol. The number of halogens is 1. The maximum absolute atomic E-state index is 10.1. The Kier molecular flexibility index (Phi) is 4.00. The van der Waals surface area contributed by atoms with Crippen molar-refractivity contribution in [2.45, 2.75) is 6.92 Å². The third-order valence-electron chi connectivity index (χ3n) is 0.442. The number of hydrogen-bond donors (Lipinski definition) is 0. The summed E-state index contributed by atoms with van der Waals surface area (Å²) in [6.45, 7) is 1.53. The molecular weight excluding hydrogens is 156 g/mol. The molecule has 0 N–H and O–H groups in total. The highest BCUT2D eigenvalue weighted by Crippen LogP contribution is 1.81. The van der Waals surface area contributed by atoms with Gasteiger partial charge in [-0.3, -0.25) is 4.79 Å². The van der Waals surface area contributed by atoms with Gasteiger partial charge in [-0.1, -0.05) is 22.0 Å². The molecule has 1 nitrogen and oxygen atoms in total. The van der Waals surface area contributed by atoms with Crippen molar-refractivity contribution in [3.63, 3.8) is 0 Å². The number of hydrogen-bond acceptors (Lipinski definition) is 1. The molecule has 7 heavy (non-hydrogen) atoms. The topological polar surface area (TPSA) is 17.1 Å². The summed E-state index contributed by atoms with van der Waals surface area (Å²) in [6.07, 6.45) is 3.30. The van der Waals surface area contributed by atoms with Crippen molar-refractivity contribution in [2.75, 3.05) is 5.33 Å². The van der Waals surface area contributed by atoms with Crippen molar-refractivity contribution in [1.29, 1.82) is 0 Å². The van der Waals surface area contributed by atoms with E-state index in [9.17, 15) is 4.79 Å². The molecule has 40 valence electrons. The van der Waals surface area contributed by atoms with Crippen LogP contribution in [0.25, 0.3) is 0 Å². The van der Waals surface area contributed by atoms with E-state index in [0.717, 1.165) is 5.33 Å². The molecule has 2 heteroatoms. The number of carbonyl (C=O) groups is 1. The Morgan fingerprint density at radius 2 is 2.43 bits per heavy atom. The molecule has 0 aliphatic rings. The molecule has 0 saturated carbocycles. The van der Waals surface area contributed by atoms with Gasteiger partial charge in [-0.25, -0.2) is 0 Å². The number of ketones is 1. The summed E-state index contributed by atoms with van der Waals surface area (Å²) in [7, 11) is 0. The zero-order chi connectivity index (χ0) is 5.70. The summed E-state index contributed by atoms with van der Waals surface area (Å²) >= 11 is 3.14. The van der Waals surface area contributed by atoms with E-state index in [0.29, 0.717) is 0 Å². The number of rotatable bonds is 2. The van der Waals surface area contributed by atoms with Gasteiger partial charge in [0.2, 0.25) is 0 Å². The van der Waals surface area contributed by atoms with Gasteiger partial charge in [-0.2, -0.15) is 0 Å². The molecule has 0 spiro atoms. The van der Waals surface area contributed by atoms with Gasteiger partial charge < -0.3 is 0 Å². The minimum absolute atomic E-state index is 0.0967. The third kappa shape index (κ3) is 5.89. The van der Waals surface area contributed by atoms with Gasteiger partial charge in [0.1, 0.15) is 0 Å². The first kappa shape index (κ1) is 6.89. The van der Waals surface area contributed by atoms with E-state index >= 15 is 0 Å². The molecule has 0 bridgehead atoms. The van der Waals surface area contributed by atoms with Gasteiger partial charge in [0.25, 0.3) is 0 Å². The van der Waals surface area contributed by atoms with Gasteiger partial charge in [0.15, 0.2) is 5.78 Å². The highest BCUT2D eigenvalue weighted by Gasteiger charge is 1.76. The monoisotopic (exact) mass is 162 g/mol. The van der Waals surface area contributed by atoms with E-state index < -0.39 is 0 Å². The highest BCUT2D eigenvalue weighted by molar-refractivity contribution is 9.09. The van der Waals surface area contributed by atoms with Crippen LogP contribution in [0.1, 0.15) is 6.92 Å². The van der Waals surface area contributed by atoms with Crippen LogP contribution in [0.3, 0.4) is 0 Å². The zero-order valence-electron chi connectivity index (χ0n) is 4.15. The molecule has 0 radical (unpaired) electrons. The first-order chi connectivity index (χ1) is 3.27. The minimum atomic E-state index is 0.0967. The van der Waals surface area contributed by atoms with Crippen LogP contribution in [0.2, 0.25) is 0 Å². The predicted octanol–water partition coefficient (Wildman–Crippen LogP) is 1.53. The molecule has 0 fully saturated rings. The molecule has 0 aliphatic heterocycles. The summed E-state index contributed by atoms with van der Waals surface area (Å²) in [5, 5.41) is 0.757. The summed E-state index contributed by atoms with van der Waals surface area (Å²) < 4.78 is 0. The van der Waals surface area contributed by atoms with Gasteiger partial charge in [-0.05, 0) is 13.0 Å². The van der Waals surface area contributed by atoms with E-state index in [4.69, 9.17) is 0 Å². The summed E-state index contributed by atoms with van der Waals surface area (Å²) in [5.74, 6) is 0.0967. The van der Waals surface area contributed by atoms with E-state index in [1.165, 1.54) is 13.0 Å². The summed E-state index contributed by atoms with van der Waals surface area (Å²) in [5.41, 5.74) is 0. The lowest BCUT2D eigenvalue weighted by atomic mass is 10.4. The van der Waals surface area contributed by atoms with Crippen LogP contribution in [-0.4, -0.2) is 11.1 Å². The van der Waals surface area contributed by atoms with E-state index in [1.807, 2.05) is 0 Å². The van der Waals surface area contributed by atoms with Crippen LogP contribution in [-0.2, 0) is 4.79 Å². The molecule has 0 saturated heterocycles. The van der Waals surface area contributed by atoms with Gasteiger partial charge in [0, 0.05) is 5.33 Å². The second-order valence-electron chi connectivity index (χ2n) is 1.17. The highest BCUT2D eigenvalue weighted by atomic mass is 79.9. The maximum atomic E-state index is 10.1. The molecule has 0 atom stereocenters. The Bertz CT molecular complexity index is 86.1. The Labute approximate surface area is 51.5 Å². The van der Waals surface area contributed by atoms with Gasteiger partial charge in [-0.15, -0.1) is 0 Å². The van der Waals surface area contributed by atoms with Crippen molar-refractivity contribution in [2.24, 2.45) is 0 Å². The van der Waals surface area contributed by atoms with E-state index in [1.54, 1.807) is 6.08 Å². The second kappa shape index (κ2) is 4.06. The lowest BCUT2D eigenvalue weighted by molar-refractivity contribution is -0.112. The van der Waals surface area contributed by atoms with Crippen molar-refractivity contribution < 1.29 is 4.79 Å². The number of allylic oxidation sites excluding steroid dienone is 2. The fourth-order valence-electron chi connectivity index (χ4n) is 0.211. The van der Waals surface area contributed by atoms with Crippen LogP contribution in [0.15, 0.2) is 12.2 Å². The van der Waals surface area contributed by atoms with E-state index in [-0.39, 0.29) is 5.78 Å². The molecule has 0 amide bonds. The van der Waals surface area contributed by atoms with Crippen LogP contribution >= 0.6 is 15.9 Å². The molecule has 0 rings (SSSR count). The lowest BCUT2D eigenvalue weighted by Gasteiger charge is -1.72. The maximum Gasteiger partial charge on any atom is 0.152 e. The molecule has 0 unspecified atom stereocenters. The average Bonchev–Trinajstić information content (AvgIpc) is 1.61. The molecule has 0 aromatic rings. The first-order valence-corrected chi connectivity index (χ1v) is 3.12. The zero-order valence-corrected chi connectivity index (χ0v) is 5.73. The van der Waals surface area contributed by atoms with Crippen LogP contribution in [0, 0.1) is 0 Å². The lowest BCUT2D eigenvalue weighted by Crippen LogP contribution is -1.78. The largest absolute Gasteiger partial charge is 0.295 e. The van der Waals surface area contributed by atoms with Crippen LogP contribution in [0.4, 0.5) is 0 Å². The first-order valence-electron chi connectivity index (χ1n) is 2.00. The number of carbonyl (C=O) groups excluding carboxylic acids is 1. The fourth-order valence-corrected chi connectivity index (χ4v) is 0.397. The standard InChI is InChI=1S/C5H7BrO/c1-5(7)3-2-4-6/h2-3H,4H2,1H3. The Hall–Kier alpha value is -0.110. The summed E-state index contributed by atoms with van der Waals surface area (Å²) in [6, 6.07) is 0. The van der Waals surface area contributed by atoms with E-state index in [2.05, 4.69) is 15.9 Å². The van der Waals surface area contributed by atoms with Crippen LogP contribution < -0.4 is 0 Å². The number of alkyl halides is 1. The van der Waals surface area contributed by atoms with Crippen molar-refractivity contribution >= 4 is 21.7 Å². The molecule has 0 aromatic heterocycles. The smallest absolute Gasteiger partial charge is 0.152 e. The molecule has 0 heterocycles. The quantitative estimate of drug-likeness (QED) is 0.445. The van der Waals surface area contributed by atoms with Crippen molar-refractivity contribution in [3.8, 4) is 0 Å². The summed E-state index contributed by atoms with van der Waals surface area (Å²) in [4.78, 5) is 10.1. The van der Waals surface area contributed by atoms with Crippen LogP contribution in [0.5, 0.6) is 0 Å². The van der Waals surface area contributed by atoms with Crippen molar-refractivity contribution in [3.05, 3.63) is 12.2 Å².